The number of benzene rings is 2. The molecule has 27 heavy (non-hydrogen) atoms. The monoisotopic (exact) mass is 362 g/mol. The minimum Gasteiger partial charge on any atom is -0.459 e. The van der Waals surface area contributed by atoms with Crippen molar-refractivity contribution < 1.29 is 9.21 Å². The van der Waals surface area contributed by atoms with Crippen LogP contribution in [-0.2, 0) is 6.54 Å². The number of urea groups is 1. The molecule has 0 aliphatic heterocycles. The van der Waals surface area contributed by atoms with E-state index in [1.54, 1.807) is 0 Å². The first-order chi connectivity index (χ1) is 13.1. The molecule has 0 radical (unpaired) electrons. The van der Waals surface area contributed by atoms with Gasteiger partial charge in [-0.25, -0.2) is 4.79 Å². The number of nitrogens with zero attached hydrogens (tertiary/aromatic N) is 2. The molecule has 4 rings (SSSR count). The van der Waals surface area contributed by atoms with Crippen LogP contribution in [0.25, 0.3) is 21.9 Å². The molecule has 6 nitrogen and oxygen atoms in total. The Kier molecular flexibility index (Phi) is 4.32. The molecule has 2 amide bonds. The zero-order valence-corrected chi connectivity index (χ0v) is 15.6. The SMILES string of the molecule is CCn1ncc2ccc(NC(=O)NC(C)c3oc4ccccc4c3C)cc21. The standard InChI is InChI=1S/C21H22N4O2/c1-4-25-18-11-16(10-9-15(18)12-22-25)24-21(26)23-14(3)20-13(2)17-7-5-6-8-19(17)27-20/h5-12,14H,4H2,1-3H3,(H2,23,24,26). The molecular weight excluding hydrogens is 340 g/mol. The van der Waals surface area contributed by atoms with Crippen LogP contribution in [0.1, 0.15) is 31.2 Å². The van der Waals surface area contributed by atoms with Gasteiger partial charge in [-0.3, -0.25) is 4.68 Å². The van der Waals surface area contributed by atoms with E-state index in [0.29, 0.717) is 0 Å². The van der Waals surface area contributed by atoms with E-state index < -0.39 is 0 Å². The summed E-state index contributed by atoms with van der Waals surface area (Å²) in [6.07, 6.45) is 1.83. The molecule has 0 fully saturated rings. The Morgan fingerprint density at radius 2 is 2.07 bits per heavy atom. The van der Waals surface area contributed by atoms with Crippen molar-refractivity contribution in [2.24, 2.45) is 0 Å². The van der Waals surface area contributed by atoms with E-state index in [9.17, 15) is 4.79 Å². The van der Waals surface area contributed by atoms with Gasteiger partial charge in [0.15, 0.2) is 0 Å². The van der Waals surface area contributed by atoms with Crippen molar-refractivity contribution in [2.75, 3.05) is 5.32 Å². The zero-order valence-electron chi connectivity index (χ0n) is 15.6. The number of aromatic nitrogens is 2. The van der Waals surface area contributed by atoms with Crippen LogP contribution in [-0.4, -0.2) is 15.8 Å². The fourth-order valence-electron chi connectivity index (χ4n) is 3.44. The van der Waals surface area contributed by atoms with Gasteiger partial charge in [0.1, 0.15) is 11.3 Å². The van der Waals surface area contributed by atoms with Crippen molar-refractivity contribution in [3.05, 3.63) is 60.0 Å². The van der Waals surface area contributed by atoms with E-state index in [4.69, 9.17) is 4.42 Å². The summed E-state index contributed by atoms with van der Waals surface area (Å²) in [5, 5.41) is 12.3. The topological polar surface area (TPSA) is 72.1 Å². The normalized spacial score (nSPS) is 12.4. The maximum Gasteiger partial charge on any atom is 0.319 e. The lowest BCUT2D eigenvalue weighted by Gasteiger charge is -2.14. The van der Waals surface area contributed by atoms with Gasteiger partial charge < -0.3 is 15.1 Å². The first-order valence-corrected chi connectivity index (χ1v) is 9.08. The summed E-state index contributed by atoms with van der Waals surface area (Å²) >= 11 is 0. The summed E-state index contributed by atoms with van der Waals surface area (Å²) in [5.41, 5.74) is 3.60. The van der Waals surface area contributed by atoms with Gasteiger partial charge in [0, 0.05) is 28.6 Å². The number of nitrogens with one attached hydrogen (secondary N) is 2. The molecule has 0 aliphatic rings. The Labute approximate surface area is 157 Å². The Bertz CT molecular complexity index is 1130. The molecule has 1 atom stereocenters. The second-order valence-electron chi connectivity index (χ2n) is 6.64. The average Bonchev–Trinajstić information content (AvgIpc) is 3.22. The fraction of sp³-hybridized carbons (Fsp3) is 0.238. The van der Waals surface area contributed by atoms with Gasteiger partial charge in [0.25, 0.3) is 0 Å². The number of hydrogen-bond acceptors (Lipinski definition) is 3. The average molecular weight is 362 g/mol. The van der Waals surface area contributed by atoms with Crippen molar-refractivity contribution in [2.45, 2.75) is 33.4 Å². The van der Waals surface area contributed by atoms with Gasteiger partial charge in [-0.1, -0.05) is 18.2 Å². The lowest BCUT2D eigenvalue weighted by atomic mass is 10.1. The first kappa shape index (κ1) is 17.1. The third kappa shape index (κ3) is 3.14. The number of anilines is 1. The number of carbonyl (C=O) groups is 1. The van der Waals surface area contributed by atoms with E-state index in [-0.39, 0.29) is 12.1 Å². The molecule has 1 unspecified atom stereocenters. The molecular formula is C21H22N4O2. The van der Waals surface area contributed by atoms with Crippen LogP contribution < -0.4 is 10.6 Å². The van der Waals surface area contributed by atoms with Gasteiger partial charge in [-0.15, -0.1) is 0 Å². The summed E-state index contributed by atoms with van der Waals surface area (Å²) in [6.45, 7) is 6.74. The lowest BCUT2D eigenvalue weighted by Crippen LogP contribution is -2.31. The molecule has 0 saturated carbocycles. The molecule has 2 N–H and O–H groups in total. The van der Waals surface area contributed by atoms with Crippen LogP contribution in [0.15, 0.2) is 53.1 Å². The maximum absolute atomic E-state index is 12.5. The van der Waals surface area contributed by atoms with E-state index in [1.807, 2.05) is 74.1 Å². The smallest absolute Gasteiger partial charge is 0.319 e. The van der Waals surface area contributed by atoms with E-state index >= 15 is 0 Å². The maximum atomic E-state index is 12.5. The van der Waals surface area contributed by atoms with Gasteiger partial charge in [0.2, 0.25) is 0 Å². The summed E-state index contributed by atoms with van der Waals surface area (Å²) in [7, 11) is 0. The number of fused-ring (bicyclic) bond motifs is 2. The third-order valence-corrected chi connectivity index (χ3v) is 4.82. The van der Waals surface area contributed by atoms with Crippen LogP contribution in [0.2, 0.25) is 0 Å². The molecule has 0 aliphatic carbocycles. The molecule has 4 aromatic rings. The number of amides is 2. The molecule has 0 bridgehead atoms. The highest BCUT2D eigenvalue weighted by atomic mass is 16.3. The van der Waals surface area contributed by atoms with Crippen molar-refractivity contribution in [3.8, 4) is 0 Å². The Balaban J connectivity index is 1.50. The second-order valence-corrected chi connectivity index (χ2v) is 6.64. The summed E-state index contributed by atoms with van der Waals surface area (Å²) in [6, 6.07) is 13.1. The highest BCUT2D eigenvalue weighted by Crippen LogP contribution is 2.29. The number of aryl methyl sites for hydroxylation is 2. The van der Waals surface area contributed by atoms with Crippen molar-refractivity contribution in [1.82, 2.24) is 15.1 Å². The molecule has 2 aromatic heterocycles. The van der Waals surface area contributed by atoms with E-state index in [2.05, 4.69) is 15.7 Å². The molecule has 2 aromatic carbocycles. The molecule has 138 valence electrons. The highest BCUT2D eigenvalue weighted by Gasteiger charge is 2.18. The van der Waals surface area contributed by atoms with Gasteiger partial charge in [-0.2, -0.15) is 5.10 Å². The largest absolute Gasteiger partial charge is 0.459 e. The molecule has 0 saturated heterocycles. The van der Waals surface area contributed by atoms with Crippen LogP contribution in [0.4, 0.5) is 10.5 Å². The zero-order chi connectivity index (χ0) is 19.0. The Morgan fingerprint density at radius 1 is 1.26 bits per heavy atom. The summed E-state index contributed by atoms with van der Waals surface area (Å²) in [5.74, 6) is 0.769. The summed E-state index contributed by atoms with van der Waals surface area (Å²) in [4.78, 5) is 12.5. The van der Waals surface area contributed by atoms with Crippen molar-refractivity contribution in [3.63, 3.8) is 0 Å². The highest BCUT2D eigenvalue weighted by molar-refractivity contribution is 5.93. The molecule has 0 spiro atoms. The Hall–Kier alpha value is -3.28. The van der Waals surface area contributed by atoms with Crippen molar-refractivity contribution >= 4 is 33.6 Å². The van der Waals surface area contributed by atoms with E-state index in [0.717, 1.165) is 45.4 Å². The number of furan rings is 1. The Morgan fingerprint density at radius 3 is 2.85 bits per heavy atom. The number of hydrogen-bond donors (Lipinski definition) is 2. The van der Waals surface area contributed by atoms with Gasteiger partial charge in [-0.05, 0) is 45.0 Å². The molecule has 2 heterocycles. The minimum absolute atomic E-state index is 0.248. The summed E-state index contributed by atoms with van der Waals surface area (Å²) < 4.78 is 7.84. The van der Waals surface area contributed by atoms with E-state index in [1.165, 1.54) is 0 Å². The number of para-hydroxylation sites is 1. The number of rotatable bonds is 4. The third-order valence-electron chi connectivity index (χ3n) is 4.82. The van der Waals surface area contributed by atoms with Crippen LogP contribution >= 0.6 is 0 Å². The minimum atomic E-state index is -0.274. The second kappa shape index (κ2) is 6.79. The quantitative estimate of drug-likeness (QED) is 0.537. The van der Waals surface area contributed by atoms with Crippen LogP contribution in [0, 0.1) is 6.92 Å². The van der Waals surface area contributed by atoms with Crippen molar-refractivity contribution in [1.29, 1.82) is 0 Å². The van der Waals surface area contributed by atoms with Crippen LogP contribution in [0.3, 0.4) is 0 Å². The predicted octanol–water partition coefficient (Wildman–Crippen LogP) is 4.99. The van der Waals surface area contributed by atoms with Gasteiger partial charge >= 0.3 is 6.03 Å². The number of carbonyl (C=O) groups excluding carboxylic acids is 1. The fourth-order valence-corrected chi connectivity index (χ4v) is 3.44. The predicted molar refractivity (Wildman–Crippen MR) is 107 cm³/mol. The lowest BCUT2D eigenvalue weighted by molar-refractivity contribution is 0.248. The van der Waals surface area contributed by atoms with Crippen LogP contribution in [0.5, 0.6) is 0 Å². The molecule has 6 heteroatoms. The first-order valence-electron chi connectivity index (χ1n) is 9.08. The van der Waals surface area contributed by atoms with Gasteiger partial charge in [0.05, 0.1) is 17.8 Å².